The minimum absolute atomic E-state index is 1.33. The fraction of sp³-hybridized carbons (Fsp3) is 0.538. The average molecular weight is 180 g/mol. The zero-order valence-electron chi connectivity index (χ0n) is 10.2. The lowest BCUT2D eigenvalue weighted by Crippen LogP contribution is -1.80. The van der Waals surface area contributed by atoms with Gasteiger partial charge in [0, 0.05) is 0 Å². The van der Waals surface area contributed by atoms with Crippen molar-refractivity contribution in [3.05, 3.63) is 34.9 Å². The first kappa shape index (κ1) is 14.7. The third-order valence-electron chi connectivity index (χ3n) is 1.64. The molecule has 0 saturated carbocycles. The molecule has 0 amide bonds. The van der Waals surface area contributed by atoms with Gasteiger partial charge in [-0.3, -0.25) is 0 Å². The summed E-state index contributed by atoms with van der Waals surface area (Å²) in [7, 11) is 0. The van der Waals surface area contributed by atoms with Gasteiger partial charge in [-0.25, -0.2) is 0 Å². The van der Waals surface area contributed by atoms with E-state index in [1.807, 2.05) is 13.8 Å². The Balaban J connectivity index is 0. The van der Waals surface area contributed by atoms with Crippen LogP contribution in [0.15, 0.2) is 34.9 Å². The van der Waals surface area contributed by atoms with Crippen LogP contribution in [-0.4, -0.2) is 0 Å². The molecule has 0 aromatic rings. The number of rotatable bonds is 2. The molecule has 0 aliphatic heterocycles. The Morgan fingerprint density at radius 1 is 0.846 bits per heavy atom. The molecule has 0 aliphatic carbocycles. The van der Waals surface area contributed by atoms with Gasteiger partial charge in [-0.05, 0) is 45.8 Å². The maximum atomic E-state index is 2.20. The van der Waals surface area contributed by atoms with E-state index in [-0.39, 0.29) is 0 Å². The second-order valence-electron chi connectivity index (χ2n) is 2.94. The highest BCUT2D eigenvalue weighted by Gasteiger charge is 1.91. The second-order valence-corrected chi connectivity index (χ2v) is 2.94. The standard InChI is InChI=1S/C11H18.C2H6/c1-6-10(5)11(7-2)8-9(3)4;1-2/h6-8H,1-5H3;1-2H3/b10-6+,11-7+;. The molecule has 0 fully saturated rings. The number of allylic oxidation sites excluding steroid dienone is 6. The van der Waals surface area contributed by atoms with Crippen molar-refractivity contribution in [2.24, 2.45) is 0 Å². The first-order valence-corrected chi connectivity index (χ1v) is 5.06. The molecule has 13 heavy (non-hydrogen) atoms. The van der Waals surface area contributed by atoms with Gasteiger partial charge in [0.25, 0.3) is 0 Å². The van der Waals surface area contributed by atoms with Crippen molar-refractivity contribution in [2.45, 2.75) is 48.5 Å². The highest BCUT2D eigenvalue weighted by Crippen LogP contribution is 2.12. The highest BCUT2D eigenvalue weighted by molar-refractivity contribution is 5.38. The van der Waals surface area contributed by atoms with E-state index in [4.69, 9.17) is 0 Å². The molecule has 0 heteroatoms. The lowest BCUT2D eigenvalue weighted by Gasteiger charge is -2.01. The van der Waals surface area contributed by atoms with Crippen LogP contribution < -0.4 is 0 Å². The lowest BCUT2D eigenvalue weighted by atomic mass is 10.1. The van der Waals surface area contributed by atoms with Gasteiger partial charge in [-0.15, -0.1) is 0 Å². The molecule has 0 aromatic carbocycles. The maximum absolute atomic E-state index is 2.20. The van der Waals surface area contributed by atoms with Crippen LogP contribution in [0.1, 0.15) is 48.5 Å². The maximum Gasteiger partial charge on any atom is -0.0274 e. The molecular formula is C13H24. The van der Waals surface area contributed by atoms with Crippen molar-refractivity contribution in [3.8, 4) is 0 Å². The fourth-order valence-corrected chi connectivity index (χ4v) is 0.903. The first-order valence-electron chi connectivity index (χ1n) is 5.06. The van der Waals surface area contributed by atoms with E-state index >= 15 is 0 Å². The highest BCUT2D eigenvalue weighted by atomic mass is 14.0. The van der Waals surface area contributed by atoms with E-state index < -0.39 is 0 Å². The van der Waals surface area contributed by atoms with Crippen molar-refractivity contribution >= 4 is 0 Å². The van der Waals surface area contributed by atoms with Crippen LogP contribution in [-0.2, 0) is 0 Å². The third kappa shape index (κ3) is 7.58. The monoisotopic (exact) mass is 180 g/mol. The van der Waals surface area contributed by atoms with Crippen molar-refractivity contribution < 1.29 is 0 Å². The lowest BCUT2D eigenvalue weighted by molar-refractivity contribution is 1.32. The quantitative estimate of drug-likeness (QED) is 0.531. The van der Waals surface area contributed by atoms with E-state index in [0.717, 1.165) is 0 Å². The summed E-state index contributed by atoms with van der Waals surface area (Å²) in [5.41, 5.74) is 4.01. The van der Waals surface area contributed by atoms with Crippen molar-refractivity contribution in [1.82, 2.24) is 0 Å². The Kier molecular flexibility index (Phi) is 10.5. The van der Waals surface area contributed by atoms with E-state index in [1.54, 1.807) is 0 Å². The third-order valence-corrected chi connectivity index (χ3v) is 1.64. The molecular weight excluding hydrogens is 156 g/mol. The number of hydrogen-bond acceptors (Lipinski definition) is 0. The molecule has 0 heterocycles. The Hall–Kier alpha value is -0.780. The van der Waals surface area contributed by atoms with Gasteiger partial charge in [0.2, 0.25) is 0 Å². The molecule has 0 unspecified atom stereocenters. The van der Waals surface area contributed by atoms with Crippen LogP contribution in [0.3, 0.4) is 0 Å². The van der Waals surface area contributed by atoms with Gasteiger partial charge >= 0.3 is 0 Å². The van der Waals surface area contributed by atoms with E-state index in [0.29, 0.717) is 0 Å². The summed E-state index contributed by atoms with van der Waals surface area (Å²) < 4.78 is 0. The molecule has 0 radical (unpaired) electrons. The zero-order chi connectivity index (χ0) is 10.9. The second kappa shape index (κ2) is 9.31. The Bertz CT molecular complexity index is 198. The zero-order valence-corrected chi connectivity index (χ0v) is 10.2. The average Bonchev–Trinajstić information content (AvgIpc) is 2.16. The van der Waals surface area contributed by atoms with Gasteiger partial charge in [0.1, 0.15) is 0 Å². The van der Waals surface area contributed by atoms with Crippen LogP contribution in [0.25, 0.3) is 0 Å². The molecule has 0 spiro atoms. The Morgan fingerprint density at radius 3 is 1.54 bits per heavy atom. The van der Waals surface area contributed by atoms with Crippen molar-refractivity contribution in [2.75, 3.05) is 0 Å². The summed E-state index contributed by atoms with van der Waals surface area (Å²) in [6.45, 7) is 14.5. The summed E-state index contributed by atoms with van der Waals surface area (Å²) in [5, 5.41) is 0. The van der Waals surface area contributed by atoms with E-state index in [2.05, 4.69) is 52.8 Å². The van der Waals surface area contributed by atoms with Crippen molar-refractivity contribution in [3.63, 3.8) is 0 Å². The SMILES string of the molecule is C/C=C(C)/C(C=C(C)C)=C/C.CC. The first-order chi connectivity index (χ1) is 6.11. The van der Waals surface area contributed by atoms with Crippen LogP contribution >= 0.6 is 0 Å². The van der Waals surface area contributed by atoms with Gasteiger partial charge < -0.3 is 0 Å². The van der Waals surface area contributed by atoms with Crippen LogP contribution in [0.4, 0.5) is 0 Å². The molecule has 0 atom stereocenters. The Morgan fingerprint density at radius 2 is 1.31 bits per heavy atom. The van der Waals surface area contributed by atoms with Gasteiger partial charge in [-0.1, -0.05) is 37.6 Å². The summed E-state index contributed by atoms with van der Waals surface area (Å²) >= 11 is 0. The molecule has 0 saturated heterocycles. The van der Waals surface area contributed by atoms with Crippen LogP contribution in [0, 0.1) is 0 Å². The Labute approximate surface area is 84.1 Å². The van der Waals surface area contributed by atoms with E-state index in [1.165, 1.54) is 16.7 Å². The molecule has 76 valence electrons. The molecule has 0 N–H and O–H groups in total. The van der Waals surface area contributed by atoms with Crippen LogP contribution in [0.2, 0.25) is 0 Å². The topological polar surface area (TPSA) is 0 Å². The molecule has 0 aromatic heterocycles. The minimum atomic E-state index is 1.33. The van der Waals surface area contributed by atoms with Gasteiger partial charge in [0.15, 0.2) is 0 Å². The van der Waals surface area contributed by atoms with Gasteiger partial charge in [-0.2, -0.15) is 0 Å². The summed E-state index contributed by atoms with van der Waals surface area (Å²) in [4.78, 5) is 0. The molecule has 0 nitrogen and oxygen atoms in total. The normalized spacial score (nSPS) is 11.6. The predicted octanol–water partition coefficient (Wildman–Crippen LogP) is 4.89. The molecule has 0 bridgehead atoms. The number of hydrogen-bond donors (Lipinski definition) is 0. The summed E-state index contributed by atoms with van der Waals surface area (Å²) in [6.07, 6.45) is 6.48. The minimum Gasteiger partial charge on any atom is -0.0841 e. The predicted molar refractivity (Wildman–Crippen MR) is 64.0 cm³/mol. The molecule has 0 rings (SSSR count). The summed E-state index contributed by atoms with van der Waals surface area (Å²) in [5.74, 6) is 0. The van der Waals surface area contributed by atoms with Gasteiger partial charge in [0.05, 0.1) is 0 Å². The summed E-state index contributed by atoms with van der Waals surface area (Å²) in [6, 6.07) is 0. The van der Waals surface area contributed by atoms with Crippen LogP contribution in [0.5, 0.6) is 0 Å². The fourth-order valence-electron chi connectivity index (χ4n) is 0.903. The molecule has 0 aliphatic rings. The van der Waals surface area contributed by atoms with E-state index in [9.17, 15) is 0 Å². The largest absolute Gasteiger partial charge is 0.0841 e. The van der Waals surface area contributed by atoms with Crippen molar-refractivity contribution in [1.29, 1.82) is 0 Å². The smallest absolute Gasteiger partial charge is 0.0274 e.